The van der Waals surface area contributed by atoms with Crippen LogP contribution in [0.25, 0.3) is 0 Å². The van der Waals surface area contributed by atoms with E-state index in [1.807, 2.05) is 26.3 Å². The second kappa shape index (κ2) is 21.4. The molecule has 0 N–H and O–H groups in total. The molecule has 26 valence electrons. The zero-order valence-corrected chi connectivity index (χ0v) is 5.89. The van der Waals surface area contributed by atoms with Crippen LogP contribution in [0.2, 0.25) is 0 Å². The van der Waals surface area contributed by atoms with Gasteiger partial charge in [-0.25, -0.2) is 0 Å². The van der Waals surface area contributed by atoms with Gasteiger partial charge >= 0.3 is 26.3 Å². The van der Waals surface area contributed by atoms with Crippen LogP contribution in [0.3, 0.4) is 0 Å². The molecule has 0 bridgehead atoms. The minimum absolute atomic E-state index is 0. The van der Waals surface area contributed by atoms with Crippen LogP contribution >= 0.6 is 0 Å². The van der Waals surface area contributed by atoms with E-state index < -0.39 is 0 Å². The average Bonchev–Trinajstić information content (AvgIpc) is 1.00. The molecule has 0 nitrogen and oxygen atoms in total. The van der Waals surface area contributed by atoms with Crippen LogP contribution in [0.4, 0.5) is 0 Å². The Labute approximate surface area is 59.7 Å². The van der Waals surface area contributed by atoms with Gasteiger partial charge in [-0.2, -0.15) is 0 Å². The maximum absolute atomic E-state index is 2.00. The van der Waals surface area contributed by atoms with Crippen molar-refractivity contribution in [2.75, 3.05) is 0 Å². The van der Waals surface area contributed by atoms with Crippen molar-refractivity contribution in [1.82, 2.24) is 0 Å². The topological polar surface area (TPSA) is 0 Å². The van der Waals surface area contributed by atoms with E-state index in [-0.39, 0.29) is 33.8 Å². The summed E-state index contributed by atoms with van der Waals surface area (Å²) in [6, 6.07) is 2.00. The van der Waals surface area contributed by atoms with Crippen LogP contribution in [0.5, 0.6) is 0 Å². The summed E-state index contributed by atoms with van der Waals surface area (Å²) in [6.07, 6.45) is 0. The molecule has 4 heteroatoms. The Balaban J connectivity index is -0.00000000500. The SMILES string of the molecule is [BH2][Ti].[Co].[Fe]. The van der Waals surface area contributed by atoms with Gasteiger partial charge in [-0.15, -0.1) is 0 Å². The Morgan fingerprint density at radius 1 is 1.25 bits per heavy atom. The van der Waals surface area contributed by atoms with Crippen molar-refractivity contribution in [1.29, 1.82) is 0 Å². The molecule has 4 heavy (non-hydrogen) atoms. The maximum Gasteiger partial charge on any atom is 0 e. The summed E-state index contributed by atoms with van der Waals surface area (Å²) in [7, 11) is 0. The second-order valence-corrected chi connectivity index (χ2v) is 0. The molecule has 0 saturated carbocycles. The van der Waals surface area contributed by atoms with Gasteiger partial charge in [0.2, 0.25) is 0 Å². The fourth-order valence-corrected chi connectivity index (χ4v) is 0. The first-order chi connectivity index (χ1) is 1.00. The molecule has 0 spiro atoms. The predicted octanol–water partition coefficient (Wildman–Crippen LogP) is -0.924. The predicted molar refractivity (Wildman–Crippen MR) is 8.54 cm³/mol. The van der Waals surface area contributed by atoms with Crippen LogP contribution in [-0.4, -0.2) is 6.02 Å². The molecule has 0 amide bonds. The van der Waals surface area contributed by atoms with E-state index in [2.05, 4.69) is 0 Å². The zero-order chi connectivity index (χ0) is 2.00. The summed E-state index contributed by atoms with van der Waals surface area (Å²) in [5.74, 6) is 0. The number of hydrogen-bond acceptors (Lipinski definition) is 0. The first-order valence-electron chi connectivity index (χ1n) is 0.500. The van der Waals surface area contributed by atoms with Crippen molar-refractivity contribution in [3.63, 3.8) is 0 Å². The van der Waals surface area contributed by atoms with E-state index in [1.165, 1.54) is 0 Å². The first-order valence-corrected chi connectivity index (χ1v) is 2.06. The standard InChI is InChI=1S/BH2.Co.Fe.Ti/h1H2;;;/q+1;;;-1. The molecule has 0 aromatic rings. The number of rotatable bonds is 0. The summed E-state index contributed by atoms with van der Waals surface area (Å²) in [5.41, 5.74) is 0. The Kier molecular flexibility index (Phi) is 90.9. The molecule has 0 atom stereocenters. The molecular formula is H2BCoFeTi. The van der Waals surface area contributed by atoms with Crippen molar-refractivity contribution < 1.29 is 54.1 Å². The van der Waals surface area contributed by atoms with E-state index >= 15 is 0 Å². The van der Waals surface area contributed by atoms with Gasteiger partial charge in [0, 0.05) is 33.8 Å². The van der Waals surface area contributed by atoms with Crippen LogP contribution in [0, 0.1) is 0 Å². The van der Waals surface area contributed by atoms with Crippen molar-refractivity contribution in [2.24, 2.45) is 0 Å². The minimum atomic E-state index is 0. The van der Waals surface area contributed by atoms with Gasteiger partial charge in [0.1, 0.15) is 0 Å². The van der Waals surface area contributed by atoms with Crippen LogP contribution in [0.1, 0.15) is 0 Å². The third-order valence-electron chi connectivity index (χ3n) is 0. The molecule has 0 aliphatic rings. The molecule has 0 fully saturated rings. The van der Waals surface area contributed by atoms with Gasteiger partial charge in [0.15, 0.2) is 0 Å². The fourth-order valence-electron chi connectivity index (χ4n) is 0. The van der Waals surface area contributed by atoms with Gasteiger partial charge in [-0.1, -0.05) is 0 Å². The molecule has 0 unspecified atom stereocenters. The molecule has 0 heterocycles. The Hall–Kier alpha value is 1.81. The third-order valence-corrected chi connectivity index (χ3v) is 0. The minimum Gasteiger partial charge on any atom is 0 e. The van der Waals surface area contributed by atoms with E-state index in [9.17, 15) is 0 Å². The van der Waals surface area contributed by atoms with Gasteiger partial charge in [-0.3, -0.25) is 0 Å². The molecule has 0 aliphatic carbocycles. The summed E-state index contributed by atoms with van der Waals surface area (Å²) >= 11 is 2.00. The fraction of sp³-hybridized carbons (Fsp3) is 0. The molecule has 1 radical (unpaired) electrons. The molecule has 0 aromatic carbocycles. The Morgan fingerprint density at radius 3 is 1.25 bits per heavy atom. The quantitative estimate of drug-likeness (QED) is 0.418. The van der Waals surface area contributed by atoms with Gasteiger partial charge in [0.05, 0.1) is 0 Å². The van der Waals surface area contributed by atoms with Crippen molar-refractivity contribution in [3.05, 3.63) is 0 Å². The normalized spacial score (nSPS) is 0.750. The molecule has 0 aliphatic heterocycles. The van der Waals surface area contributed by atoms with E-state index in [4.69, 9.17) is 0 Å². The maximum atomic E-state index is 2.00. The van der Waals surface area contributed by atoms with E-state index in [0.29, 0.717) is 0 Å². The van der Waals surface area contributed by atoms with Crippen molar-refractivity contribution in [2.45, 2.75) is 0 Å². The monoisotopic (exact) mass is 176 g/mol. The smallest absolute Gasteiger partial charge is 0 e. The summed E-state index contributed by atoms with van der Waals surface area (Å²) in [4.78, 5) is 0. The van der Waals surface area contributed by atoms with Crippen LogP contribution in [-0.2, 0) is 54.1 Å². The summed E-state index contributed by atoms with van der Waals surface area (Å²) in [5, 5.41) is 0. The van der Waals surface area contributed by atoms with Crippen molar-refractivity contribution in [3.8, 4) is 0 Å². The number of hydrogen-bond donors (Lipinski definition) is 0. The van der Waals surface area contributed by atoms with Gasteiger partial charge < -0.3 is 0 Å². The molecule has 0 saturated heterocycles. The molecule has 0 rings (SSSR count). The van der Waals surface area contributed by atoms with Gasteiger partial charge in [0.25, 0.3) is 0 Å². The molecule has 0 aromatic heterocycles. The third kappa shape index (κ3) is 9.19. The van der Waals surface area contributed by atoms with Crippen LogP contribution in [0.15, 0.2) is 0 Å². The summed E-state index contributed by atoms with van der Waals surface area (Å²) < 4.78 is 0. The van der Waals surface area contributed by atoms with E-state index in [1.54, 1.807) is 0 Å². The largest absolute Gasteiger partial charge is 0 e. The first kappa shape index (κ1) is 17.0. The zero-order valence-electron chi connectivity index (χ0n) is 2.19. The van der Waals surface area contributed by atoms with Gasteiger partial charge in [-0.05, 0) is 0 Å². The van der Waals surface area contributed by atoms with E-state index in [0.717, 1.165) is 0 Å². The molecular weight excluding hydrogens is 173 g/mol. The summed E-state index contributed by atoms with van der Waals surface area (Å²) in [6.45, 7) is 0. The average molecular weight is 175 g/mol. The Morgan fingerprint density at radius 2 is 1.25 bits per heavy atom. The Bertz CT molecular complexity index is 8.00. The second-order valence-electron chi connectivity index (χ2n) is 0. The van der Waals surface area contributed by atoms with Crippen LogP contribution < -0.4 is 0 Å². The van der Waals surface area contributed by atoms with Crippen molar-refractivity contribution >= 4 is 6.02 Å².